The number of nitrogens with zero attached hydrogens (tertiary/aromatic N) is 1. The van der Waals surface area contributed by atoms with Crippen LogP contribution in [0, 0.1) is 11.8 Å². The Morgan fingerprint density at radius 1 is 1.18 bits per heavy atom. The summed E-state index contributed by atoms with van der Waals surface area (Å²) in [5.41, 5.74) is -1.07. The summed E-state index contributed by atoms with van der Waals surface area (Å²) in [6, 6.07) is 4.71. The van der Waals surface area contributed by atoms with Crippen molar-refractivity contribution in [1.29, 1.82) is 0 Å². The van der Waals surface area contributed by atoms with E-state index in [0.717, 1.165) is 37.5 Å². The first kappa shape index (κ1) is 28.1. The number of hydrogen-bond donors (Lipinski definition) is 3. The second kappa shape index (κ2) is 12.0. The molecular weight excluding hydrogens is 447 g/mol. The Morgan fingerprint density at radius 3 is 2.44 bits per heavy atom. The molecule has 34 heavy (non-hydrogen) atoms. The van der Waals surface area contributed by atoms with E-state index in [2.05, 4.69) is 36.4 Å². The highest BCUT2D eigenvalue weighted by Crippen LogP contribution is 2.33. The SMILES string of the molecule is CC(C)[C@H](O)C[C@@H]1C[C@H](N(C)C(C)C)CC[C@@H]1NC(=O)CNC(=O)c1cccc(C(F)(F)F)c1. The summed E-state index contributed by atoms with van der Waals surface area (Å²) in [6.45, 7) is 7.86. The fourth-order valence-corrected chi connectivity index (χ4v) is 4.42. The Balaban J connectivity index is 1.99. The van der Waals surface area contributed by atoms with Gasteiger partial charge in [0, 0.05) is 23.7 Å². The first-order valence-corrected chi connectivity index (χ1v) is 11.9. The van der Waals surface area contributed by atoms with Crippen LogP contribution in [0.3, 0.4) is 0 Å². The number of alkyl halides is 3. The average Bonchev–Trinajstić information content (AvgIpc) is 2.77. The maximum Gasteiger partial charge on any atom is 0.416 e. The molecule has 0 radical (unpaired) electrons. The van der Waals surface area contributed by atoms with E-state index in [1.54, 1.807) is 0 Å². The molecule has 2 rings (SSSR count). The van der Waals surface area contributed by atoms with Crippen molar-refractivity contribution in [2.24, 2.45) is 11.8 Å². The summed E-state index contributed by atoms with van der Waals surface area (Å²) < 4.78 is 38.7. The number of amides is 2. The quantitative estimate of drug-likeness (QED) is 0.497. The van der Waals surface area contributed by atoms with Crippen LogP contribution in [0.25, 0.3) is 0 Å². The largest absolute Gasteiger partial charge is 0.416 e. The third-order valence-electron chi connectivity index (χ3n) is 6.87. The monoisotopic (exact) mass is 485 g/mol. The lowest BCUT2D eigenvalue weighted by atomic mass is 9.76. The normalized spacial score (nSPS) is 22.2. The number of carbonyl (C=O) groups is 2. The van der Waals surface area contributed by atoms with Gasteiger partial charge in [0.25, 0.3) is 5.91 Å². The van der Waals surface area contributed by atoms with E-state index in [4.69, 9.17) is 0 Å². The molecule has 0 saturated heterocycles. The molecule has 0 bridgehead atoms. The molecule has 3 N–H and O–H groups in total. The molecule has 1 aromatic rings. The Kier molecular flexibility index (Phi) is 9.94. The zero-order valence-electron chi connectivity index (χ0n) is 20.7. The Hall–Kier alpha value is -2.13. The highest BCUT2D eigenvalue weighted by Gasteiger charge is 2.35. The lowest BCUT2D eigenvalue weighted by Crippen LogP contribution is -2.51. The first-order chi connectivity index (χ1) is 15.8. The molecule has 6 nitrogen and oxygen atoms in total. The molecule has 2 amide bonds. The molecule has 9 heteroatoms. The summed E-state index contributed by atoms with van der Waals surface area (Å²) in [6.07, 6.45) is -1.95. The Bertz CT molecular complexity index is 829. The van der Waals surface area contributed by atoms with Crippen molar-refractivity contribution in [3.05, 3.63) is 35.4 Å². The smallest absolute Gasteiger partial charge is 0.393 e. The third kappa shape index (κ3) is 7.98. The van der Waals surface area contributed by atoms with Gasteiger partial charge >= 0.3 is 6.18 Å². The molecule has 4 atom stereocenters. The molecule has 0 unspecified atom stereocenters. The minimum atomic E-state index is -4.55. The predicted molar refractivity (Wildman–Crippen MR) is 125 cm³/mol. The predicted octanol–water partition coefficient (Wildman–Crippen LogP) is 3.84. The number of nitrogens with one attached hydrogen (secondary N) is 2. The van der Waals surface area contributed by atoms with Gasteiger partial charge in [0.15, 0.2) is 0 Å². The number of halogens is 3. The van der Waals surface area contributed by atoms with Crippen LogP contribution in [-0.2, 0) is 11.0 Å². The van der Waals surface area contributed by atoms with Crippen LogP contribution < -0.4 is 10.6 Å². The van der Waals surface area contributed by atoms with Crippen LogP contribution >= 0.6 is 0 Å². The van der Waals surface area contributed by atoms with E-state index in [9.17, 15) is 27.9 Å². The van der Waals surface area contributed by atoms with Crippen LogP contribution in [0.15, 0.2) is 24.3 Å². The lowest BCUT2D eigenvalue weighted by molar-refractivity contribution is -0.137. The van der Waals surface area contributed by atoms with Gasteiger partial charge in [-0.15, -0.1) is 0 Å². The molecule has 1 aliphatic rings. The van der Waals surface area contributed by atoms with Crippen LogP contribution in [0.5, 0.6) is 0 Å². The zero-order valence-corrected chi connectivity index (χ0v) is 20.7. The number of benzene rings is 1. The van der Waals surface area contributed by atoms with Gasteiger partial charge in [-0.2, -0.15) is 13.2 Å². The highest BCUT2D eigenvalue weighted by molar-refractivity contribution is 5.96. The van der Waals surface area contributed by atoms with Crippen molar-refractivity contribution in [2.45, 2.75) is 83.8 Å². The van der Waals surface area contributed by atoms with Crippen LogP contribution in [0.2, 0.25) is 0 Å². The van der Waals surface area contributed by atoms with Crippen molar-refractivity contribution < 1.29 is 27.9 Å². The van der Waals surface area contributed by atoms with Crippen LogP contribution in [0.4, 0.5) is 13.2 Å². The van der Waals surface area contributed by atoms with Gasteiger partial charge in [0.1, 0.15) is 0 Å². The summed E-state index contributed by atoms with van der Waals surface area (Å²) >= 11 is 0. The molecule has 1 fully saturated rings. The molecule has 0 spiro atoms. The van der Waals surface area contributed by atoms with Crippen molar-refractivity contribution in [3.63, 3.8) is 0 Å². The highest BCUT2D eigenvalue weighted by atomic mass is 19.4. The molecule has 0 aliphatic heterocycles. The summed E-state index contributed by atoms with van der Waals surface area (Å²) in [7, 11) is 2.09. The van der Waals surface area contributed by atoms with E-state index in [1.807, 2.05) is 13.8 Å². The number of carbonyl (C=O) groups excluding carboxylic acids is 2. The van der Waals surface area contributed by atoms with Gasteiger partial charge in [0.2, 0.25) is 5.91 Å². The van der Waals surface area contributed by atoms with E-state index < -0.39 is 29.7 Å². The zero-order chi connectivity index (χ0) is 25.6. The minimum absolute atomic E-state index is 0.0838. The fourth-order valence-electron chi connectivity index (χ4n) is 4.42. The standard InChI is InChI=1S/C25H38F3N3O3/c1-15(2)22(32)13-18-12-20(31(5)16(3)4)9-10-21(18)30-23(33)14-29-24(34)17-7-6-8-19(11-17)25(26,27)28/h6-8,11,15-16,18,20-22,32H,9-10,12-14H2,1-5H3,(H,29,34)(H,30,33)/t18-,20+,21-,22+/m0/s1. The number of aliphatic hydroxyl groups excluding tert-OH is 1. The van der Waals surface area contributed by atoms with Gasteiger partial charge in [-0.25, -0.2) is 0 Å². The van der Waals surface area contributed by atoms with Gasteiger partial charge in [-0.1, -0.05) is 19.9 Å². The molecule has 0 aromatic heterocycles. The lowest BCUT2D eigenvalue weighted by Gasteiger charge is -2.42. The fraction of sp³-hybridized carbons (Fsp3) is 0.680. The van der Waals surface area contributed by atoms with E-state index >= 15 is 0 Å². The van der Waals surface area contributed by atoms with E-state index in [1.165, 1.54) is 6.07 Å². The van der Waals surface area contributed by atoms with Gasteiger partial charge < -0.3 is 20.6 Å². The Morgan fingerprint density at radius 2 is 1.85 bits per heavy atom. The van der Waals surface area contributed by atoms with Crippen molar-refractivity contribution in [3.8, 4) is 0 Å². The van der Waals surface area contributed by atoms with Crippen LogP contribution in [-0.4, -0.2) is 59.6 Å². The molecule has 1 aliphatic carbocycles. The van der Waals surface area contributed by atoms with Crippen molar-refractivity contribution in [1.82, 2.24) is 15.5 Å². The second-order valence-corrected chi connectivity index (χ2v) is 9.97. The minimum Gasteiger partial charge on any atom is -0.393 e. The number of rotatable bonds is 9. The second-order valence-electron chi connectivity index (χ2n) is 9.97. The van der Waals surface area contributed by atoms with E-state index in [0.29, 0.717) is 18.5 Å². The average molecular weight is 486 g/mol. The Labute approximate surface area is 200 Å². The molecule has 192 valence electrons. The van der Waals surface area contributed by atoms with Crippen molar-refractivity contribution in [2.75, 3.05) is 13.6 Å². The van der Waals surface area contributed by atoms with E-state index in [-0.39, 0.29) is 30.0 Å². The number of hydrogen-bond acceptors (Lipinski definition) is 4. The molecular formula is C25H38F3N3O3. The maximum absolute atomic E-state index is 12.9. The number of aliphatic hydroxyl groups is 1. The van der Waals surface area contributed by atoms with Gasteiger partial charge in [-0.05, 0) is 76.6 Å². The summed E-state index contributed by atoms with van der Waals surface area (Å²) in [5, 5.41) is 15.9. The van der Waals surface area contributed by atoms with Gasteiger partial charge in [0.05, 0.1) is 18.2 Å². The van der Waals surface area contributed by atoms with Crippen molar-refractivity contribution >= 4 is 11.8 Å². The molecule has 1 aromatic carbocycles. The van der Waals surface area contributed by atoms with Gasteiger partial charge in [-0.3, -0.25) is 9.59 Å². The topological polar surface area (TPSA) is 81.7 Å². The third-order valence-corrected chi connectivity index (χ3v) is 6.87. The summed E-state index contributed by atoms with van der Waals surface area (Å²) in [4.78, 5) is 27.2. The molecule has 0 heterocycles. The first-order valence-electron chi connectivity index (χ1n) is 11.9. The molecule has 1 saturated carbocycles. The van der Waals surface area contributed by atoms with Crippen LogP contribution in [0.1, 0.15) is 69.3 Å². The summed E-state index contributed by atoms with van der Waals surface area (Å²) in [5.74, 6) is -0.952. The maximum atomic E-state index is 12.9.